The first-order chi connectivity index (χ1) is 9.07. The third-order valence-electron chi connectivity index (χ3n) is 4.73. The van der Waals surface area contributed by atoms with E-state index in [-0.39, 0.29) is 5.41 Å². The van der Waals surface area contributed by atoms with Gasteiger partial charge in [0.1, 0.15) is 5.78 Å². The molecule has 0 amide bonds. The predicted octanol–water partition coefficient (Wildman–Crippen LogP) is 3.32. The standard InChI is InChI=1S/C17H25NO/c1-13-6-7-15(10-14(13)2)11-16(19)17(12-18)8-4-3-5-9-17/h6-7,10H,3-5,8-9,11-12,18H2,1-2H3. The fourth-order valence-corrected chi connectivity index (χ4v) is 3.11. The molecule has 19 heavy (non-hydrogen) atoms. The van der Waals surface area contributed by atoms with Crippen LogP contribution in [0.25, 0.3) is 0 Å². The number of hydrogen-bond donors (Lipinski definition) is 1. The Bertz CT molecular complexity index is 458. The van der Waals surface area contributed by atoms with E-state index in [4.69, 9.17) is 5.73 Å². The molecular formula is C17H25NO. The smallest absolute Gasteiger partial charge is 0.144 e. The molecule has 1 aromatic carbocycles. The van der Waals surface area contributed by atoms with Crippen molar-refractivity contribution in [2.24, 2.45) is 11.1 Å². The zero-order chi connectivity index (χ0) is 13.9. The summed E-state index contributed by atoms with van der Waals surface area (Å²) in [6, 6.07) is 6.32. The number of hydrogen-bond acceptors (Lipinski definition) is 2. The van der Waals surface area contributed by atoms with Crippen LogP contribution in [0, 0.1) is 19.3 Å². The summed E-state index contributed by atoms with van der Waals surface area (Å²) in [4.78, 5) is 12.6. The topological polar surface area (TPSA) is 43.1 Å². The number of benzene rings is 1. The second-order valence-corrected chi connectivity index (χ2v) is 6.06. The normalized spacial score (nSPS) is 18.3. The van der Waals surface area contributed by atoms with Gasteiger partial charge in [0.05, 0.1) is 0 Å². The second kappa shape index (κ2) is 5.87. The molecule has 0 atom stereocenters. The number of carbonyl (C=O) groups excluding carboxylic acids is 1. The fourth-order valence-electron chi connectivity index (χ4n) is 3.11. The highest BCUT2D eigenvalue weighted by molar-refractivity contribution is 5.87. The first-order valence-electron chi connectivity index (χ1n) is 7.37. The lowest BCUT2D eigenvalue weighted by Gasteiger charge is -2.34. The maximum atomic E-state index is 12.6. The molecule has 104 valence electrons. The van der Waals surface area contributed by atoms with Gasteiger partial charge in [-0.15, -0.1) is 0 Å². The molecule has 1 aliphatic rings. The van der Waals surface area contributed by atoms with Crippen molar-refractivity contribution in [3.63, 3.8) is 0 Å². The van der Waals surface area contributed by atoms with E-state index in [9.17, 15) is 4.79 Å². The first kappa shape index (κ1) is 14.3. The Balaban J connectivity index is 2.12. The van der Waals surface area contributed by atoms with Crippen molar-refractivity contribution < 1.29 is 4.79 Å². The number of ketones is 1. The Kier molecular flexibility index (Phi) is 4.41. The van der Waals surface area contributed by atoms with Crippen LogP contribution in [-0.2, 0) is 11.2 Å². The number of aryl methyl sites for hydroxylation is 2. The molecule has 0 unspecified atom stereocenters. The molecule has 0 heterocycles. The van der Waals surface area contributed by atoms with Crippen molar-refractivity contribution in [3.8, 4) is 0 Å². The van der Waals surface area contributed by atoms with Crippen molar-refractivity contribution in [2.75, 3.05) is 6.54 Å². The zero-order valence-electron chi connectivity index (χ0n) is 12.2. The molecule has 2 nitrogen and oxygen atoms in total. The summed E-state index contributed by atoms with van der Waals surface area (Å²) >= 11 is 0. The molecule has 0 aromatic heterocycles. The minimum Gasteiger partial charge on any atom is -0.329 e. The molecule has 2 N–H and O–H groups in total. The van der Waals surface area contributed by atoms with E-state index in [1.165, 1.54) is 17.5 Å². The maximum absolute atomic E-state index is 12.6. The lowest BCUT2D eigenvalue weighted by atomic mass is 9.70. The molecular weight excluding hydrogens is 234 g/mol. The van der Waals surface area contributed by atoms with Crippen LogP contribution in [0.5, 0.6) is 0 Å². The molecule has 1 fully saturated rings. The Morgan fingerprint density at radius 2 is 1.84 bits per heavy atom. The second-order valence-electron chi connectivity index (χ2n) is 6.06. The Hall–Kier alpha value is -1.15. The van der Waals surface area contributed by atoms with Crippen LogP contribution in [0.15, 0.2) is 18.2 Å². The van der Waals surface area contributed by atoms with E-state index in [0.717, 1.165) is 31.2 Å². The van der Waals surface area contributed by atoms with E-state index in [1.807, 2.05) is 0 Å². The third kappa shape index (κ3) is 3.06. The van der Waals surface area contributed by atoms with Gasteiger partial charge in [-0.1, -0.05) is 37.5 Å². The summed E-state index contributed by atoms with van der Waals surface area (Å²) in [6.07, 6.45) is 6.04. The largest absolute Gasteiger partial charge is 0.329 e. The number of rotatable bonds is 4. The van der Waals surface area contributed by atoms with Gasteiger partial charge in [-0.2, -0.15) is 0 Å². The Morgan fingerprint density at radius 3 is 2.42 bits per heavy atom. The lowest BCUT2D eigenvalue weighted by molar-refractivity contribution is -0.129. The van der Waals surface area contributed by atoms with E-state index in [0.29, 0.717) is 18.7 Å². The summed E-state index contributed by atoms with van der Waals surface area (Å²) in [5.41, 5.74) is 9.36. The van der Waals surface area contributed by atoms with Crippen LogP contribution in [0.2, 0.25) is 0 Å². The van der Waals surface area contributed by atoms with Crippen LogP contribution >= 0.6 is 0 Å². The van der Waals surface area contributed by atoms with Crippen LogP contribution in [-0.4, -0.2) is 12.3 Å². The highest BCUT2D eigenvalue weighted by Gasteiger charge is 2.37. The molecule has 2 heteroatoms. The van der Waals surface area contributed by atoms with Crippen molar-refractivity contribution in [1.82, 2.24) is 0 Å². The summed E-state index contributed by atoms with van der Waals surface area (Å²) in [7, 11) is 0. The fraction of sp³-hybridized carbons (Fsp3) is 0.588. The molecule has 0 bridgehead atoms. The summed E-state index contributed by atoms with van der Waals surface area (Å²) in [5, 5.41) is 0. The van der Waals surface area contributed by atoms with Crippen molar-refractivity contribution in [3.05, 3.63) is 34.9 Å². The van der Waals surface area contributed by atoms with Crippen molar-refractivity contribution >= 4 is 5.78 Å². The average Bonchev–Trinajstić information content (AvgIpc) is 2.43. The summed E-state index contributed by atoms with van der Waals surface area (Å²) in [5.74, 6) is 0.345. The van der Waals surface area contributed by atoms with Crippen LogP contribution < -0.4 is 5.73 Å². The van der Waals surface area contributed by atoms with E-state index in [2.05, 4.69) is 32.0 Å². The van der Waals surface area contributed by atoms with Crippen molar-refractivity contribution in [1.29, 1.82) is 0 Å². The van der Waals surface area contributed by atoms with E-state index < -0.39 is 0 Å². The molecule has 1 saturated carbocycles. The van der Waals surface area contributed by atoms with Crippen LogP contribution in [0.4, 0.5) is 0 Å². The quantitative estimate of drug-likeness (QED) is 0.901. The predicted molar refractivity (Wildman–Crippen MR) is 79.2 cm³/mol. The maximum Gasteiger partial charge on any atom is 0.144 e. The van der Waals surface area contributed by atoms with Gasteiger partial charge in [0.15, 0.2) is 0 Å². The average molecular weight is 259 g/mol. The Labute approximate surface area is 116 Å². The van der Waals surface area contributed by atoms with Gasteiger partial charge in [-0.25, -0.2) is 0 Å². The number of carbonyl (C=O) groups is 1. The first-order valence-corrected chi connectivity index (χ1v) is 7.37. The minimum absolute atomic E-state index is 0.239. The monoisotopic (exact) mass is 259 g/mol. The van der Waals surface area contributed by atoms with E-state index >= 15 is 0 Å². The third-order valence-corrected chi connectivity index (χ3v) is 4.73. The molecule has 0 aliphatic heterocycles. The lowest BCUT2D eigenvalue weighted by Crippen LogP contribution is -2.41. The SMILES string of the molecule is Cc1ccc(CC(=O)C2(CN)CCCCC2)cc1C. The molecule has 1 aromatic rings. The van der Waals surface area contributed by atoms with E-state index in [1.54, 1.807) is 0 Å². The molecule has 0 spiro atoms. The highest BCUT2D eigenvalue weighted by Crippen LogP contribution is 2.37. The molecule has 0 radical (unpaired) electrons. The number of nitrogens with two attached hydrogens (primary N) is 1. The number of Topliss-reactive ketones (excluding diaryl/α,β-unsaturated/α-hetero) is 1. The van der Waals surface area contributed by atoms with Gasteiger partial charge in [-0.3, -0.25) is 4.79 Å². The van der Waals surface area contributed by atoms with Crippen molar-refractivity contribution in [2.45, 2.75) is 52.4 Å². The van der Waals surface area contributed by atoms with Gasteiger partial charge < -0.3 is 5.73 Å². The van der Waals surface area contributed by atoms with Gasteiger partial charge in [-0.05, 0) is 43.4 Å². The highest BCUT2D eigenvalue weighted by atomic mass is 16.1. The minimum atomic E-state index is -0.239. The van der Waals surface area contributed by atoms with Gasteiger partial charge in [0.2, 0.25) is 0 Å². The summed E-state index contributed by atoms with van der Waals surface area (Å²) < 4.78 is 0. The van der Waals surface area contributed by atoms with Gasteiger partial charge >= 0.3 is 0 Å². The molecule has 1 aliphatic carbocycles. The van der Waals surface area contributed by atoms with Crippen LogP contribution in [0.1, 0.15) is 48.8 Å². The Morgan fingerprint density at radius 1 is 1.16 bits per heavy atom. The summed E-state index contributed by atoms with van der Waals surface area (Å²) in [6.45, 7) is 4.71. The van der Waals surface area contributed by atoms with Crippen LogP contribution in [0.3, 0.4) is 0 Å². The zero-order valence-corrected chi connectivity index (χ0v) is 12.2. The molecule has 2 rings (SSSR count). The van der Waals surface area contributed by atoms with Gasteiger partial charge in [0, 0.05) is 18.4 Å². The van der Waals surface area contributed by atoms with Gasteiger partial charge in [0.25, 0.3) is 0 Å². The molecule has 0 saturated heterocycles.